The van der Waals surface area contributed by atoms with Crippen molar-refractivity contribution < 1.29 is 8.81 Å². The summed E-state index contributed by atoms with van der Waals surface area (Å²) in [6, 6.07) is 2.95. The van der Waals surface area contributed by atoms with Crippen LogP contribution in [0.25, 0.3) is 0 Å². The lowest BCUT2D eigenvalue weighted by molar-refractivity contribution is 0.370. The molecular formula is C8H12FNO. The molecule has 0 radical (unpaired) electrons. The van der Waals surface area contributed by atoms with E-state index in [0.29, 0.717) is 5.76 Å². The molecule has 1 atom stereocenters. The van der Waals surface area contributed by atoms with Crippen LogP contribution in [0.3, 0.4) is 0 Å². The van der Waals surface area contributed by atoms with Gasteiger partial charge in [0.2, 0.25) is 0 Å². The maximum Gasteiger partial charge on any atom is 0.123 e. The van der Waals surface area contributed by atoms with Gasteiger partial charge in [0.05, 0.1) is 6.04 Å². The maximum atomic E-state index is 12.0. The molecule has 0 aliphatic rings. The first-order valence-electron chi connectivity index (χ1n) is 3.68. The number of hydrogen-bond acceptors (Lipinski definition) is 2. The first-order valence-corrected chi connectivity index (χ1v) is 3.68. The molecule has 0 bridgehead atoms. The molecular weight excluding hydrogens is 145 g/mol. The summed E-state index contributed by atoms with van der Waals surface area (Å²) < 4.78 is 17.2. The van der Waals surface area contributed by atoms with Crippen molar-refractivity contribution in [1.82, 2.24) is 0 Å². The van der Waals surface area contributed by atoms with Gasteiger partial charge in [-0.25, -0.2) is 4.39 Å². The molecule has 0 spiro atoms. The van der Waals surface area contributed by atoms with Crippen LogP contribution >= 0.6 is 0 Å². The van der Waals surface area contributed by atoms with E-state index in [1.807, 2.05) is 13.0 Å². The molecule has 0 saturated heterocycles. The maximum absolute atomic E-state index is 12.0. The average Bonchev–Trinajstić information content (AvgIpc) is 2.50. The molecule has 1 aromatic rings. The fourth-order valence-electron chi connectivity index (χ4n) is 0.860. The van der Waals surface area contributed by atoms with Crippen molar-refractivity contribution in [2.24, 2.45) is 5.73 Å². The number of aryl methyl sites for hydroxylation is 1. The Labute approximate surface area is 65.2 Å². The summed E-state index contributed by atoms with van der Waals surface area (Å²) in [5.74, 6) is 1.38. The van der Waals surface area contributed by atoms with Crippen LogP contribution in [0, 0.1) is 0 Å². The summed E-state index contributed by atoms with van der Waals surface area (Å²) in [4.78, 5) is 0. The van der Waals surface area contributed by atoms with E-state index in [1.54, 1.807) is 6.07 Å². The van der Waals surface area contributed by atoms with Crippen molar-refractivity contribution in [2.75, 3.05) is 6.67 Å². The Morgan fingerprint density at radius 2 is 2.36 bits per heavy atom. The minimum Gasteiger partial charge on any atom is -0.464 e. The summed E-state index contributed by atoms with van der Waals surface area (Å²) in [6.45, 7) is 1.40. The molecule has 0 saturated carbocycles. The molecule has 1 heterocycles. The van der Waals surface area contributed by atoms with Gasteiger partial charge in [0, 0.05) is 6.42 Å². The van der Waals surface area contributed by atoms with Gasteiger partial charge in [-0.1, -0.05) is 6.92 Å². The molecule has 0 fully saturated rings. The monoisotopic (exact) mass is 157 g/mol. The Morgan fingerprint density at radius 1 is 1.64 bits per heavy atom. The average molecular weight is 157 g/mol. The molecule has 0 aliphatic carbocycles. The van der Waals surface area contributed by atoms with Gasteiger partial charge in [0.15, 0.2) is 0 Å². The van der Waals surface area contributed by atoms with E-state index >= 15 is 0 Å². The molecule has 0 unspecified atom stereocenters. The number of hydrogen-bond donors (Lipinski definition) is 1. The second-order valence-corrected chi connectivity index (χ2v) is 2.42. The van der Waals surface area contributed by atoms with Gasteiger partial charge >= 0.3 is 0 Å². The van der Waals surface area contributed by atoms with Gasteiger partial charge in [-0.05, 0) is 12.1 Å². The standard InChI is InChI=1S/C8H12FNO/c1-2-6-3-4-8(11-6)7(10)5-9/h3-4,7H,2,5,10H2,1H3/t7-/m1/s1. The van der Waals surface area contributed by atoms with Gasteiger partial charge in [-0.2, -0.15) is 0 Å². The highest BCUT2D eigenvalue weighted by atomic mass is 19.1. The smallest absolute Gasteiger partial charge is 0.123 e. The van der Waals surface area contributed by atoms with Crippen molar-refractivity contribution >= 4 is 0 Å². The fourth-order valence-corrected chi connectivity index (χ4v) is 0.860. The van der Waals surface area contributed by atoms with Crippen LogP contribution in [0.2, 0.25) is 0 Å². The van der Waals surface area contributed by atoms with Crippen molar-refractivity contribution in [3.63, 3.8) is 0 Å². The Kier molecular flexibility index (Phi) is 2.65. The summed E-state index contributed by atoms with van der Waals surface area (Å²) in [5, 5.41) is 0. The largest absolute Gasteiger partial charge is 0.464 e. The molecule has 0 aromatic carbocycles. The number of halogens is 1. The fraction of sp³-hybridized carbons (Fsp3) is 0.500. The lowest BCUT2D eigenvalue weighted by Crippen LogP contribution is -2.10. The summed E-state index contributed by atoms with van der Waals surface area (Å²) >= 11 is 0. The predicted molar refractivity (Wildman–Crippen MR) is 41.0 cm³/mol. The Hall–Kier alpha value is -0.830. The van der Waals surface area contributed by atoms with Crippen LogP contribution in [0.4, 0.5) is 4.39 Å². The third-order valence-corrected chi connectivity index (χ3v) is 1.56. The van der Waals surface area contributed by atoms with Crippen LogP contribution in [0.1, 0.15) is 24.5 Å². The van der Waals surface area contributed by atoms with E-state index < -0.39 is 12.7 Å². The number of nitrogens with two attached hydrogens (primary N) is 1. The number of furan rings is 1. The first kappa shape index (κ1) is 8.27. The zero-order chi connectivity index (χ0) is 8.27. The minimum atomic E-state index is -0.602. The second-order valence-electron chi connectivity index (χ2n) is 2.42. The highest BCUT2D eigenvalue weighted by molar-refractivity contribution is 5.10. The molecule has 2 nitrogen and oxygen atoms in total. The molecule has 62 valence electrons. The molecule has 1 rings (SSSR count). The second kappa shape index (κ2) is 3.53. The van der Waals surface area contributed by atoms with Gasteiger partial charge in [-0.3, -0.25) is 0 Å². The SMILES string of the molecule is CCc1ccc([C@H](N)CF)o1. The number of rotatable bonds is 3. The van der Waals surface area contributed by atoms with Gasteiger partial charge in [-0.15, -0.1) is 0 Å². The molecule has 0 amide bonds. The zero-order valence-electron chi connectivity index (χ0n) is 6.51. The first-order chi connectivity index (χ1) is 5.27. The third kappa shape index (κ3) is 1.80. The lowest BCUT2D eigenvalue weighted by Gasteiger charge is -2.00. The minimum absolute atomic E-state index is 0.532. The van der Waals surface area contributed by atoms with E-state index in [0.717, 1.165) is 12.2 Å². The van der Waals surface area contributed by atoms with Crippen molar-refractivity contribution in [2.45, 2.75) is 19.4 Å². The Balaban J connectivity index is 2.71. The molecule has 0 aliphatic heterocycles. The van der Waals surface area contributed by atoms with Crippen LogP contribution in [-0.4, -0.2) is 6.67 Å². The highest BCUT2D eigenvalue weighted by Crippen LogP contribution is 2.14. The Morgan fingerprint density at radius 3 is 2.82 bits per heavy atom. The van der Waals surface area contributed by atoms with Gasteiger partial charge < -0.3 is 10.2 Å². The topological polar surface area (TPSA) is 39.2 Å². The van der Waals surface area contributed by atoms with Gasteiger partial charge in [0.25, 0.3) is 0 Å². The van der Waals surface area contributed by atoms with Crippen LogP contribution in [0.5, 0.6) is 0 Å². The normalized spacial score (nSPS) is 13.4. The van der Waals surface area contributed by atoms with E-state index in [2.05, 4.69) is 0 Å². The van der Waals surface area contributed by atoms with Crippen LogP contribution < -0.4 is 5.73 Å². The van der Waals surface area contributed by atoms with E-state index in [9.17, 15) is 4.39 Å². The molecule has 11 heavy (non-hydrogen) atoms. The quantitative estimate of drug-likeness (QED) is 0.726. The zero-order valence-corrected chi connectivity index (χ0v) is 6.51. The van der Waals surface area contributed by atoms with Crippen molar-refractivity contribution in [1.29, 1.82) is 0 Å². The molecule has 1 aromatic heterocycles. The van der Waals surface area contributed by atoms with E-state index in [1.165, 1.54) is 0 Å². The summed E-state index contributed by atoms with van der Waals surface area (Å²) in [7, 11) is 0. The van der Waals surface area contributed by atoms with Crippen LogP contribution in [-0.2, 0) is 6.42 Å². The lowest BCUT2D eigenvalue weighted by atomic mass is 10.3. The molecule has 3 heteroatoms. The third-order valence-electron chi connectivity index (χ3n) is 1.56. The molecule has 2 N–H and O–H groups in total. The van der Waals surface area contributed by atoms with Crippen molar-refractivity contribution in [3.05, 3.63) is 23.7 Å². The van der Waals surface area contributed by atoms with Crippen molar-refractivity contribution in [3.8, 4) is 0 Å². The summed E-state index contributed by atoms with van der Waals surface area (Å²) in [6.07, 6.45) is 0.818. The highest BCUT2D eigenvalue weighted by Gasteiger charge is 2.08. The predicted octanol–water partition coefficient (Wildman–Crippen LogP) is 1.81. The van der Waals surface area contributed by atoms with E-state index in [-0.39, 0.29) is 0 Å². The number of alkyl halides is 1. The summed E-state index contributed by atoms with van der Waals surface area (Å²) in [5.41, 5.74) is 5.39. The van der Waals surface area contributed by atoms with Crippen LogP contribution in [0.15, 0.2) is 16.5 Å². The van der Waals surface area contributed by atoms with E-state index in [4.69, 9.17) is 10.2 Å². The van der Waals surface area contributed by atoms with Gasteiger partial charge in [0.1, 0.15) is 18.2 Å². The Bertz CT molecular complexity index is 222.